The second-order valence-corrected chi connectivity index (χ2v) is 5.68. The SMILES string of the molecule is COc1cccc(-c2nc(=S)c(Br)c(C(C)C)[nH]2)c1. The van der Waals surface area contributed by atoms with Gasteiger partial charge in [-0.2, -0.15) is 0 Å². The van der Waals surface area contributed by atoms with Crippen molar-refractivity contribution in [3.05, 3.63) is 39.1 Å². The minimum Gasteiger partial charge on any atom is -0.497 e. The summed E-state index contributed by atoms with van der Waals surface area (Å²) >= 11 is 8.79. The molecule has 0 bridgehead atoms. The van der Waals surface area contributed by atoms with E-state index in [4.69, 9.17) is 17.0 Å². The predicted molar refractivity (Wildman–Crippen MR) is 83.2 cm³/mol. The third kappa shape index (κ3) is 3.04. The lowest BCUT2D eigenvalue weighted by molar-refractivity contribution is 0.415. The highest BCUT2D eigenvalue weighted by Gasteiger charge is 2.11. The number of aromatic nitrogens is 2. The van der Waals surface area contributed by atoms with Gasteiger partial charge in [0, 0.05) is 11.3 Å². The van der Waals surface area contributed by atoms with Gasteiger partial charge in [0.1, 0.15) is 16.2 Å². The average Bonchev–Trinajstić information content (AvgIpc) is 2.41. The molecule has 0 spiro atoms. The number of nitrogens with zero attached hydrogens (tertiary/aromatic N) is 1. The molecule has 2 aromatic rings. The Morgan fingerprint density at radius 1 is 1.37 bits per heavy atom. The zero-order valence-electron chi connectivity index (χ0n) is 11.0. The molecule has 0 radical (unpaired) electrons. The van der Waals surface area contributed by atoms with Crippen LogP contribution in [0.25, 0.3) is 11.4 Å². The topological polar surface area (TPSA) is 37.9 Å². The van der Waals surface area contributed by atoms with E-state index >= 15 is 0 Å². The van der Waals surface area contributed by atoms with E-state index in [-0.39, 0.29) is 0 Å². The fourth-order valence-electron chi connectivity index (χ4n) is 1.78. The van der Waals surface area contributed by atoms with Gasteiger partial charge in [-0.3, -0.25) is 0 Å². The van der Waals surface area contributed by atoms with E-state index in [2.05, 4.69) is 39.7 Å². The van der Waals surface area contributed by atoms with Gasteiger partial charge in [-0.25, -0.2) is 4.98 Å². The maximum Gasteiger partial charge on any atom is 0.144 e. The zero-order chi connectivity index (χ0) is 14.0. The number of ether oxygens (including phenoxy) is 1. The first kappa shape index (κ1) is 14.2. The highest BCUT2D eigenvalue weighted by atomic mass is 79.9. The molecule has 1 aromatic carbocycles. The highest BCUT2D eigenvalue weighted by molar-refractivity contribution is 9.10. The van der Waals surface area contributed by atoms with E-state index in [0.29, 0.717) is 10.6 Å². The van der Waals surface area contributed by atoms with Crippen LogP contribution in [-0.2, 0) is 0 Å². The standard InChI is InChI=1S/C14H15BrN2OS/c1-8(2)12-11(15)14(19)17-13(16-12)9-5-4-6-10(7-9)18-3/h4-8H,1-3H3,(H,16,17,19). The number of aromatic amines is 1. The Morgan fingerprint density at radius 3 is 2.74 bits per heavy atom. The smallest absolute Gasteiger partial charge is 0.144 e. The van der Waals surface area contributed by atoms with Crippen LogP contribution in [0.15, 0.2) is 28.7 Å². The van der Waals surface area contributed by atoms with Crippen molar-refractivity contribution in [3.8, 4) is 17.1 Å². The van der Waals surface area contributed by atoms with Crippen LogP contribution < -0.4 is 4.74 Å². The van der Waals surface area contributed by atoms with Gasteiger partial charge in [-0.05, 0) is 34.0 Å². The summed E-state index contributed by atoms with van der Waals surface area (Å²) in [5.74, 6) is 1.90. The number of nitrogens with one attached hydrogen (secondary N) is 1. The van der Waals surface area contributed by atoms with E-state index in [1.807, 2.05) is 24.3 Å². The second kappa shape index (κ2) is 5.84. The molecule has 0 unspecified atom stereocenters. The molecule has 1 N–H and O–H groups in total. The van der Waals surface area contributed by atoms with Crippen molar-refractivity contribution in [1.82, 2.24) is 9.97 Å². The Balaban J connectivity index is 2.59. The number of hydrogen-bond donors (Lipinski definition) is 1. The largest absolute Gasteiger partial charge is 0.497 e. The molecule has 0 saturated carbocycles. The van der Waals surface area contributed by atoms with Crippen molar-refractivity contribution in [1.29, 1.82) is 0 Å². The summed E-state index contributed by atoms with van der Waals surface area (Å²) in [5.41, 5.74) is 2.01. The maximum atomic E-state index is 5.30. The normalized spacial score (nSPS) is 10.8. The Hall–Kier alpha value is -1.20. The quantitative estimate of drug-likeness (QED) is 0.824. The van der Waals surface area contributed by atoms with Crippen LogP contribution >= 0.6 is 28.1 Å². The third-order valence-corrected chi connectivity index (χ3v) is 4.17. The van der Waals surface area contributed by atoms with Crippen LogP contribution in [0.2, 0.25) is 0 Å². The Morgan fingerprint density at radius 2 is 2.11 bits per heavy atom. The van der Waals surface area contributed by atoms with Gasteiger partial charge in [-0.1, -0.05) is 38.2 Å². The van der Waals surface area contributed by atoms with E-state index in [1.165, 1.54) is 0 Å². The van der Waals surface area contributed by atoms with Gasteiger partial charge in [-0.15, -0.1) is 0 Å². The zero-order valence-corrected chi connectivity index (χ0v) is 13.4. The number of H-pyrrole nitrogens is 1. The van der Waals surface area contributed by atoms with Gasteiger partial charge in [0.25, 0.3) is 0 Å². The van der Waals surface area contributed by atoms with Gasteiger partial charge in [0.05, 0.1) is 11.6 Å². The summed E-state index contributed by atoms with van der Waals surface area (Å²) in [5, 5.41) is 0. The first-order valence-electron chi connectivity index (χ1n) is 5.97. The van der Waals surface area contributed by atoms with Crippen molar-refractivity contribution in [2.75, 3.05) is 7.11 Å². The first-order chi connectivity index (χ1) is 9.02. The van der Waals surface area contributed by atoms with Crippen molar-refractivity contribution >= 4 is 28.1 Å². The molecule has 0 aliphatic carbocycles. The summed E-state index contributed by atoms with van der Waals surface area (Å²) in [6.07, 6.45) is 0. The summed E-state index contributed by atoms with van der Waals surface area (Å²) in [7, 11) is 1.65. The molecular weight excluding hydrogens is 324 g/mol. The molecule has 0 atom stereocenters. The van der Waals surface area contributed by atoms with E-state index in [0.717, 1.165) is 27.3 Å². The highest BCUT2D eigenvalue weighted by Crippen LogP contribution is 2.27. The lowest BCUT2D eigenvalue weighted by Crippen LogP contribution is -2.00. The molecule has 3 nitrogen and oxygen atoms in total. The number of halogens is 1. The molecule has 0 aliphatic heterocycles. The van der Waals surface area contributed by atoms with Gasteiger partial charge >= 0.3 is 0 Å². The van der Waals surface area contributed by atoms with Crippen LogP contribution in [0.5, 0.6) is 5.75 Å². The maximum absolute atomic E-state index is 5.30. The number of methoxy groups -OCH3 is 1. The molecule has 5 heteroatoms. The summed E-state index contributed by atoms with van der Waals surface area (Å²) in [6, 6.07) is 7.75. The second-order valence-electron chi connectivity index (χ2n) is 4.50. The lowest BCUT2D eigenvalue weighted by Gasteiger charge is -2.12. The van der Waals surface area contributed by atoms with Gasteiger partial charge in [0.2, 0.25) is 0 Å². The van der Waals surface area contributed by atoms with Gasteiger partial charge in [0.15, 0.2) is 0 Å². The molecule has 1 heterocycles. The number of hydrogen-bond acceptors (Lipinski definition) is 3. The Bertz CT molecular complexity index is 652. The van der Waals surface area contributed by atoms with Crippen LogP contribution in [0.4, 0.5) is 0 Å². The van der Waals surface area contributed by atoms with Crippen LogP contribution in [0.1, 0.15) is 25.5 Å². The van der Waals surface area contributed by atoms with Gasteiger partial charge < -0.3 is 9.72 Å². The van der Waals surface area contributed by atoms with Crippen molar-refractivity contribution < 1.29 is 4.74 Å². The molecular formula is C14H15BrN2OS. The van der Waals surface area contributed by atoms with Crippen LogP contribution in [-0.4, -0.2) is 17.1 Å². The van der Waals surface area contributed by atoms with E-state index < -0.39 is 0 Å². The minimum atomic E-state index is 0.337. The van der Waals surface area contributed by atoms with E-state index in [1.54, 1.807) is 7.11 Å². The lowest BCUT2D eigenvalue weighted by atomic mass is 10.1. The molecule has 100 valence electrons. The Kier molecular flexibility index (Phi) is 4.37. The van der Waals surface area contributed by atoms with Crippen molar-refractivity contribution in [2.45, 2.75) is 19.8 Å². The third-order valence-electron chi connectivity index (χ3n) is 2.81. The fraction of sp³-hybridized carbons (Fsp3) is 0.286. The molecule has 0 saturated heterocycles. The van der Waals surface area contributed by atoms with Crippen LogP contribution in [0.3, 0.4) is 0 Å². The summed E-state index contributed by atoms with van der Waals surface area (Å²) in [4.78, 5) is 7.76. The summed E-state index contributed by atoms with van der Waals surface area (Å²) < 4.78 is 6.67. The number of rotatable bonds is 3. The summed E-state index contributed by atoms with van der Waals surface area (Å²) in [6.45, 7) is 4.22. The fourth-order valence-corrected chi connectivity index (χ4v) is 2.63. The molecule has 1 aromatic heterocycles. The molecule has 19 heavy (non-hydrogen) atoms. The first-order valence-corrected chi connectivity index (χ1v) is 7.17. The number of benzene rings is 1. The molecule has 0 fully saturated rings. The van der Waals surface area contributed by atoms with Crippen molar-refractivity contribution in [2.24, 2.45) is 0 Å². The molecule has 2 rings (SSSR count). The van der Waals surface area contributed by atoms with E-state index in [9.17, 15) is 0 Å². The minimum absolute atomic E-state index is 0.337. The molecule has 0 aliphatic rings. The van der Waals surface area contributed by atoms with Crippen molar-refractivity contribution in [3.63, 3.8) is 0 Å². The average molecular weight is 339 g/mol. The molecule has 0 amide bonds. The monoisotopic (exact) mass is 338 g/mol. The predicted octanol–water partition coefficient (Wildman–Crippen LogP) is 4.70. The Labute approximate surface area is 126 Å². The van der Waals surface area contributed by atoms with Crippen LogP contribution in [0, 0.1) is 4.64 Å².